The van der Waals surface area contributed by atoms with E-state index in [9.17, 15) is 4.79 Å². The van der Waals surface area contributed by atoms with Gasteiger partial charge in [-0.1, -0.05) is 55.8 Å². The highest BCUT2D eigenvalue weighted by Crippen LogP contribution is 2.22. The molecule has 0 unspecified atom stereocenters. The van der Waals surface area contributed by atoms with Gasteiger partial charge >= 0.3 is 0 Å². The largest absolute Gasteiger partial charge is 0.322 e. The summed E-state index contributed by atoms with van der Waals surface area (Å²) in [4.78, 5) is 12.2. The zero-order valence-electron chi connectivity index (χ0n) is 14.6. The molecule has 2 nitrogen and oxygen atoms in total. The van der Waals surface area contributed by atoms with Crippen LogP contribution in [0.2, 0.25) is 0 Å². The lowest BCUT2D eigenvalue weighted by molar-refractivity contribution is -0.111. The molecule has 2 rings (SSSR count). The first-order valence-corrected chi connectivity index (χ1v) is 8.03. The van der Waals surface area contributed by atoms with Gasteiger partial charge in [0.1, 0.15) is 0 Å². The molecule has 23 heavy (non-hydrogen) atoms. The molecule has 0 bridgehead atoms. The molecule has 2 aromatic rings. The Kier molecular flexibility index (Phi) is 5.38. The van der Waals surface area contributed by atoms with E-state index >= 15 is 0 Å². The molecule has 0 heterocycles. The standard InChI is InChI=1S/C21H25NO/c1-14(2)19-9-6-18(7-10-19)8-11-20(23)22-21-16(4)12-15(3)13-17(21)5/h6-14H,1-5H3,(H,22,23). The van der Waals surface area contributed by atoms with Gasteiger partial charge in [-0.05, 0) is 55.0 Å². The van der Waals surface area contributed by atoms with E-state index < -0.39 is 0 Å². The first-order chi connectivity index (χ1) is 10.9. The summed E-state index contributed by atoms with van der Waals surface area (Å²) in [6, 6.07) is 12.5. The summed E-state index contributed by atoms with van der Waals surface area (Å²) in [6.45, 7) is 10.4. The number of carbonyl (C=O) groups is 1. The number of amides is 1. The maximum atomic E-state index is 12.2. The normalized spacial score (nSPS) is 11.2. The number of benzene rings is 2. The van der Waals surface area contributed by atoms with Gasteiger partial charge < -0.3 is 5.32 Å². The van der Waals surface area contributed by atoms with Crippen molar-refractivity contribution in [3.05, 3.63) is 70.3 Å². The molecule has 1 N–H and O–H groups in total. The van der Waals surface area contributed by atoms with Gasteiger partial charge in [-0.25, -0.2) is 0 Å². The average Bonchev–Trinajstić information content (AvgIpc) is 2.49. The van der Waals surface area contributed by atoms with Crippen molar-refractivity contribution in [2.24, 2.45) is 0 Å². The fourth-order valence-corrected chi connectivity index (χ4v) is 2.71. The molecule has 0 saturated heterocycles. The third-order valence-corrected chi connectivity index (χ3v) is 3.96. The Labute approximate surface area is 139 Å². The molecule has 0 aliphatic heterocycles. The Morgan fingerprint density at radius 1 is 1.00 bits per heavy atom. The molecule has 0 aromatic heterocycles. The minimum atomic E-state index is -0.104. The number of carbonyl (C=O) groups excluding carboxylic acids is 1. The fraction of sp³-hybridized carbons (Fsp3) is 0.286. The van der Waals surface area contributed by atoms with E-state index in [0.717, 1.165) is 22.4 Å². The Morgan fingerprint density at radius 2 is 1.57 bits per heavy atom. The predicted molar refractivity (Wildman–Crippen MR) is 98.8 cm³/mol. The van der Waals surface area contributed by atoms with Crippen LogP contribution in [-0.2, 0) is 4.79 Å². The van der Waals surface area contributed by atoms with Crippen molar-refractivity contribution < 1.29 is 4.79 Å². The average molecular weight is 307 g/mol. The maximum absolute atomic E-state index is 12.2. The van der Waals surface area contributed by atoms with Crippen molar-refractivity contribution in [2.75, 3.05) is 5.32 Å². The van der Waals surface area contributed by atoms with Crippen molar-refractivity contribution in [1.82, 2.24) is 0 Å². The predicted octanol–water partition coefficient (Wildman–Crippen LogP) is 5.39. The Morgan fingerprint density at radius 3 is 2.09 bits per heavy atom. The van der Waals surface area contributed by atoms with E-state index in [2.05, 4.69) is 50.4 Å². The minimum absolute atomic E-state index is 0.104. The molecule has 0 saturated carbocycles. The topological polar surface area (TPSA) is 29.1 Å². The molecular weight excluding hydrogens is 282 g/mol. The lowest BCUT2D eigenvalue weighted by atomic mass is 10.0. The summed E-state index contributed by atoms with van der Waals surface area (Å²) in [5.74, 6) is 0.414. The highest BCUT2D eigenvalue weighted by Gasteiger charge is 2.06. The number of rotatable bonds is 4. The van der Waals surface area contributed by atoms with Gasteiger partial charge in [0.15, 0.2) is 0 Å². The van der Waals surface area contributed by atoms with E-state index in [1.54, 1.807) is 6.08 Å². The fourth-order valence-electron chi connectivity index (χ4n) is 2.71. The molecular formula is C21H25NO. The summed E-state index contributed by atoms with van der Waals surface area (Å²) in [5.41, 5.74) is 6.62. The van der Waals surface area contributed by atoms with Crippen LogP contribution in [0.4, 0.5) is 5.69 Å². The summed E-state index contributed by atoms with van der Waals surface area (Å²) in [6.07, 6.45) is 3.43. The quantitative estimate of drug-likeness (QED) is 0.754. The molecule has 2 aromatic carbocycles. The monoisotopic (exact) mass is 307 g/mol. The van der Waals surface area contributed by atoms with E-state index in [0.29, 0.717) is 5.92 Å². The number of hydrogen-bond acceptors (Lipinski definition) is 1. The van der Waals surface area contributed by atoms with Crippen molar-refractivity contribution in [3.8, 4) is 0 Å². The summed E-state index contributed by atoms with van der Waals surface area (Å²) in [7, 11) is 0. The van der Waals surface area contributed by atoms with Gasteiger partial charge in [-0.2, -0.15) is 0 Å². The van der Waals surface area contributed by atoms with Crippen LogP contribution >= 0.6 is 0 Å². The number of nitrogens with one attached hydrogen (secondary N) is 1. The van der Waals surface area contributed by atoms with Gasteiger partial charge in [0.2, 0.25) is 5.91 Å². The SMILES string of the molecule is Cc1cc(C)c(NC(=O)C=Cc2ccc(C(C)C)cc2)c(C)c1. The number of hydrogen-bond donors (Lipinski definition) is 1. The van der Waals surface area contributed by atoms with Crippen LogP contribution in [0.5, 0.6) is 0 Å². The molecule has 2 heteroatoms. The van der Waals surface area contributed by atoms with Crippen LogP contribution in [0.15, 0.2) is 42.5 Å². The molecule has 0 atom stereocenters. The highest BCUT2D eigenvalue weighted by molar-refractivity contribution is 6.02. The summed E-state index contributed by atoms with van der Waals surface area (Å²) in [5, 5.41) is 2.98. The van der Waals surface area contributed by atoms with Crippen LogP contribution in [0.25, 0.3) is 6.08 Å². The third kappa shape index (κ3) is 4.56. The Hall–Kier alpha value is -2.35. The van der Waals surface area contributed by atoms with Crippen LogP contribution < -0.4 is 5.32 Å². The molecule has 0 radical (unpaired) electrons. The Bertz CT molecular complexity index is 701. The molecule has 1 amide bonds. The molecule has 0 aliphatic carbocycles. The van der Waals surface area contributed by atoms with Crippen LogP contribution in [0, 0.1) is 20.8 Å². The first-order valence-electron chi connectivity index (χ1n) is 8.03. The third-order valence-electron chi connectivity index (χ3n) is 3.96. The second-order valence-corrected chi connectivity index (χ2v) is 6.42. The minimum Gasteiger partial charge on any atom is -0.322 e. The maximum Gasteiger partial charge on any atom is 0.248 e. The molecule has 0 spiro atoms. The van der Waals surface area contributed by atoms with Gasteiger partial charge in [0.25, 0.3) is 0 Å². The number of anilines is 1. The second kappa shape index (κ2) is 7.28. The number of aryl methyl sites for hydroxylation is 3. The molecule has 0 fully saturated rings. The lowest BCUT2D eigenvalue weighted by Gasteiger charge is -2.11. The zero-order valence-corrected chi connectivity index (χ0v) is 14.6. The first kappa shape index (κ1) is 17.0. The van der Waals surface area contributed by atoms with Gasteiger partial charge in [0.05, 0.1) is 0 Å². The van der Waals surface area contributed by atoms with Crippen LogP contribution in [-0.4, -0.2) is 5.91 Å². The highest BCUT2D eigenvalue weighted by atomic mass is 16.1. The van der Waals surface area contributed by atoms with E-state index in [1.165, 1.54) is 11.1 Å². The van der Waals surface area contributed by atoms with E-state index in [1.807, 2.05) is 32.1 Å². The van der Waals surface area contributed by atoms with Gasteiger partial charge in [-0.15, -0.1) is 0 Å². The summed E-state index contributed by atoms with van der Waals surface area (Å²) >= 11 is 0. The van der Waals surface area contributed by atoms with Crippen LogP contribution in [0.3, 0.4) is 0 Å². The van der Waals surface area contributed by atoms with Crippen molar-refractivity contribution >= 4 is 17.7 Å². The molecule has 0 aliphatic rings. The van der Waals surface area contributed by atoms with Gasteiger partial charge in [-0.3, -0.25) is 4.79 Å². The van der Waals surface area contributed by atoms with Crippen molar-refractivity contribution in [3.63, 3.8) is 0 Å². The van der Waals surface area contributed by atoms with Crippen molar-refractivity contribution in [1.29, 1.82) is 0 Å². The van der Waals surface area contributed by atoms with Crippen molar-refractivity contribution in [2.45, 2.75) is 40.5 Å². The van der Waals surface area contributed by atoms with Crippen LogP contribution in [0.1, 0.15) is 47.6 Å². The van der Waals surface area contributed by atoms with E-state index in [-0.39, 0.29) is 5.91 Å². The van der Waals surface area contributed by atoms with E-state index in [4.69, 9.17) is 0 Å². The smallest absolute Gasteiger partial charge is 0.248 e. The van der Waals surface area contributed by atoms with Gasteiger partial charge in [0, 0.05) is 11.8 Å². The second-order valence-electron chi connectivity index (χ2n) is 6.42. The summed E-state index contributed by atoms with van der Waals surface area (Å²) < 4.78 is 0. The lowest BCUT2D eigenvalue weighted by Crippen LogP contribution is -2.10. The molecule has 120 valence electrons. The zero-order chi connectivity index (χ0) is 17.0. The Balaban J connectivity index is 2.07.